The van der Waals surface area contributed by atoms with E-state index in [0.29, 0.717) is 18.1 Å². The highest BCUT2D eigenvalue weighted by molar-refractivity contribution is 5.85. The fraction of sp³-hybridized carbons (Fsp3) is 0.308. The van der Waals surface area contributed by atoms with E-state index >= 15 is 0 Å². The number of aryl methyl sites for hydroxylation is 2. The molecule has 0 bridgehead atoms. The van der Waals surface area contributed by atoms with E-state index in [-0.39, 0.29) is 5.69 Å². The number of hydrogen-bond acceptors (Lipinski definition) is 4. The second-order valence-corrected chi connectivity index (χ2v) is 4.22. The number of pyridine rings is 1. The number of imidazole rings is 1. The number of carbonyl (C=O) groups is 1. The molecule has 0 amide bonds. The van der Waals surface area contributed by atoms with Crippen LogP contribution in [0.3, 0.4) is 0 Å². The van der Waals surface area contributed by atoms with Crippen molar-refractivity contribution in [3.8, 4) is 5.75 Å². The average Bonchev–Trinajstić information content (AvgIpc) is 2.70. The summed E-state index contributed by atoms with van der Waals surface area (Å²) in [4.78, 5) is 19.5. The molecular weight excluding hydrogens is 246 g/mol. The minimum Gasteiger partial charge on any atom is -0.497 e. The van der Waals surface area contributed by atoms with Crippen molar-refractivity contribution in [3.05, 3.63) is 41.2 Å². The van der Waals surface area contributed by atoms with Crippen LogP contribution in [0.15, 0.2) is 18.3 Å². The lowest BCUT2D eigenvalue weighted by molar-refractivity contribution is 0.0685. The monoisotopic (exact) mass is 261 g/mol. The maximum Gasteiger partial charge on any atom is 0.354 e. The van der Waals surface area contributed by atoms with Crippen LogP contribution in [0.2, 0.25) is 0 Å². The first-order valence-electron chi connectivity index (χ1n) is 5.78. The minimum absolute atomic E-state index is 0.153. The third kappa shape index (κ3) is 2.73. The lowest BCUT2D eigenvalue weighted by Crippen LogP contribution is -2.12. The van der Waals surface area contributed by atoms with E-state index in [4.69, 9.17) is 9.84 Å². The van der Waals surface area contributed by atoms with E-state index in [1.54, 1.807) is 24.7 Å². The quantitative estimate of drug-likeness (QED) is 0.905. The van der Waals surface area contributed by atoms with Gasteiger partial charge in [-0.25, -0.2) is 9.78 Å². The molecule has 2 rings (SSSR count). The Morgan fingerprint density at radius 1 is 1.42 bits per heavy atom. The largest absolute Gasteiger partial charge is 0.497 e. The highest BCUT2D eigenvalue weighted by Gasteiger charge is 2.14. The Kier molecular flexibility index (Phi) is 3.50. The fourth-order valence-corrected chi connectivity index (χ4v) is 1.90. The lowest BCUT2D eigenvalue weighted by Gasteiger charge is -2.09. The molecule has 0 unspecified atom stereocenters. The molecule has 19 heavy (non-hydrogen) atoms. The van der Waals surface area contributed by atoms with Gasteiger partial charge in [0.15, 0.2) is 0 Å². The van der Waals surface area contributed by atoms with Crippen LogP contribution in [0.5, 0.6) is 5.75 Å². The van der Waals surface area contributed by atoms with E-state index in [2.05, 4.69) is 9.97 Å². The smallest absolute Gasteiger partial charge is 0.354 e. The van der Waals surface area contributed by atoms with Gasteiger partial charge < -0.3 is 14.4 Å². The topological polar surface area (TPSA) is 77.2 Å². The highest BCUT2D eigenvalue weighted by atomic mass is 16.5. The van der Waals surface area contributed by atoms with Crippen molar-refractivity contribution in [2.24, 2.45) is 0 Å². The molecule has 0 radical (unpaired) electrons. The van der Waals surface area contributed by atoms with Gasteiger partial charge in [0.1, 0.15) is 17.3 Å². The van der Waals surface area contributed by atoms with Crippen molar-refractivity contribution in [2.75, 3.05) is 7.11 Å². The maximum atomic E-state index is 11.1. The van der Waals surface area contributed by atoms with Crippen LogP contribution in [0.25, 0.3) is 0 Å². The normalized spacial score (nSPS) is 10.5. The molecule has 2 aromatic heterocycles. The van der Waals surface area contributed by atoms with Crippen LogP contribution in [0.1, 0.15) is 27.7 Å². The van der Waals surface area contributed by atoms with E-state index in [0.717, 1.165) is 11.4 Å². The molecule has 0 saturated heterocycles. The number of rotatable bonds is 4. The number of ether oxygens (including phenoxy) is 1. The first-order valence-corrected chi connectivity index (χ1v) is 5.78. The van der Waals surface area contributed by atoms with Crippen LogP contribution in [-0.4, -0.2) is 32.7 Å². The lowest BCUT2D eigenvalue weighted by atomic mass is 10.3. The summed E-state index contributed by atoms with van der Waals surface area (Å²) in [6.45, 7) is 3.98. The zero-order chi connectivity index (χ0) is 14.0. The Morgan fingerprint density at radius 2 is 2.16 bits per heavy atom. The number of carboxylic acids is 1. The summed E-state index contributed by atoms with van der Waals surface area (Å²) in [5, 5.41) is 9.11. The number of aromatic carboxylic acids is 1. The van der Waals surface area contributed by atoms with Crippen molar-refractivity contribution in [3.63, 3.8) is 0 Å². The van der Waals surface area contributed by atoms with Crippen molar-refractivity contribution in [2.45, 2.75) is 20.4 Å². The molecule has 6 nitrogen and oxygen atoms in total. The van der Waals surface area contributed by atoms with Crippen molar-refractivity contribution in [1.29, 1.82) is 0 Å². The Labute approximate surface area is 110 Å². The third-order valence-corrected chi connectivity index (χ3v) is 2.81. The summed E-state index contributed by atoms with van der Waals surface area (Å²) in [6.07, 6.45) is 1.35. The van der Waals surface area contributed by atoms with Crippen molar-refractivity contribution < 1.29 is 14.6 Å². The van der Waals surface area contributed by atoms with E-state index in [9.17, 15) is 4.79 Å². The molecule has 0 aliphatic rings. The molecule has 0 aliphatic carbocycles. The molecule has 0 atom stereocenters. The summed E-state index contributed by atoms with van der Waals surface area (Å²) in [5.74, 6) is 0.344. The number of aromatic nitrogens is 3. The standard InChI is InChI=1S/C13H15N3O3/c1-8-4-11(19-3)5-10(15-8)7-16-9(2)14-6-12(16)13(17)18/h4-6H,7H2,1-3H3,(H,17,18). The van der Waals surface area contributed by atoms with E-state index < -0.39 is 5.97 Å². The predicted octanol–water partition coefficient (Wildman–Crippen LogP) is 1.65. The summed E-state index contributed by atoms with van der Waals surface area (Å²) in [6, 6.07) is 3.61. The first-order chi connectivity index (χ1) is 9.01. The Hall–Kier alpha value is -2.37. The molecule has 0 spiro atoms. The van der Waals surface area contributed by atoms with Crippen LogP contribution < -0.4 is 4.74 Å². The Bertz CT molecular complexity index is 620. The predicted molar refractivity (Wildman–Crippen MR) is 68.6 cm³/mol. The molecule has 0 aromatic carbocycles. The molecule has 0 fully saturated rings. The number of hydrogen-bond donors (Lipinski definition) is 1. The van der Waals surface area contributed by atoms with E-state index in [1.165, 1.54) is 6.20 Å². The van der Waals surface area contributed by atoms with Gasteiger partial charge in [-0.05, 0) is 13.8 Å². The van der Waals surface area contributed by atoms with Gasteiger partial charge in [-0.2, -0.15) is 0 Å². The van der Waals surface area contributed by atoms with Crippen LogP contribution in [-0.2, 0) is 6.54 Å². The number of methoxy groups -OCH3 is 1. The minimum atomic E-state index is -1.000. The van der Waals surface area contributed by atoms with Gasteiger partial charge in [0.2, 0.25) is 0 Å². The number of carboxylic acid groups (broad SMARTS) is 1. The highest BCUT2D eigenvalue weighted by Crippen LogP contribution is 2.16. The summed E-state index contributed by atoms with van der Waals surface area (Å²) >= 11 is 0. The maximum absolute atomic E-state index is 11.1. The molecule has 100 valence electrons. The summed E-state index contributed by atoms with van der Waals surface area (Å²) in [7, 11) is 1.59. The van der Waals surface area contributed by atoms with E-state index in [1.807, 2.05) is 13.0 Å². The molecule has 0 saturated carbocycles. The fourth-order valence-electron chi connectivity index (χ4n) is 1.90. The van der Waals surface area contributed by atoms with Crippen LogP contribution >= 0.6 is 0 Å². The van der Waals surface area contributed by atoms with Gasteiger partial charge in [0.05, 0.1) is 25.5 Å². The molecule has 2 heterocycles. The third-order valence-electron chi connectivity index (χ3n) is 2.81. The first kappa shape index (κ1) is 13.1. The summed E-state index contributed by atoms with van der Waals surface area (Å²) in [5.41, 5.74) is 1.71. The molecular formula is C13H15N3O3. The zero-order valence-electron chi connectivity index (χ0n) is 11.0. The van der Waals surface area contributed by atoms with Gasteiger partial charge in [-0.1, -0.05) is 0 Å². The van der Waals surface area contributed by atoms with Crippen molar-refractivity contribution >= 4 is 5.97 Å². The zero-order valence-corrected chi connectivity index (χ0v) is 11.0. The van der Waals surface area contributed by atoms with Gasteiger partial charge in [-0.15, -0.1) is 0 Å². The van der Waals surface area contributed by atoms with Gasteiger partial charge >= 0.3 is 5.97 Å². The van der Waals surface area contributed by atoms with Gasteiger partial charge in [0.25, 0.3) is 0 Å². The molecule has 1 N–H and O–H groups in total. The molecule has 0 aliphatic heterocycles. The van der Waals surface area contributed by atoms with Crippen molar-refractivity contribution in [1.82, 2.24) is 14.5 Å². The van der Waals surface area contributed by atoms with Gasteiger partial charge in [0, 0.05) is 17.8 Å². The summed E-state index contributed by atoms with van der Waals surface area (Å²) < 4.78 is 6.80. The second-order valence-electron chi connectivity index (χ2n) is 4.22. The number of nitrogens with zero attached hydrogens (tertiary/aromatic N) is 3. The molecule has 6 heteroatoms. The average molecular weight is 261 g/mol. The Morgan fingerprint density at radius 3 is 2.79 bits per heavy atom. The Balaban J connectivity index is 2.38. The van der Waals surface area contributed by atoms with Crippen LogP contribution in [0, 0.1) is 13.8 Å². The van der Waals surface area contributed by atoms with Crippen LogP contribution in [0.4, 0.5) is 0 Å². The van der Waals surface area contributed by atoms with Gasteiger partial charge in [-0.3, -0.25) is 4.98 Å². The second kappa shape index (κ2) is 5.09. The molecule has 2 aromatic rings. The SMILES string of the molecule is COc1cc(C)nc(Cn2c(C(=O)O)cnc2C)c1.